The number of benzene rings is 1. The van der Waals surface area contributed by atoms with Gasteiger partial charge in [0.2, 0.25) is 11.8 Å². The number of ether oxygens (including phenoxy) is 2. The number of anilines is 1. The number of carbonyl (C=O) groups is 4. The van der Waals surface area contributed by atoms with E-state index in [4.69, 9.17) is 9.47 Å². The second-order valence-electron chi connectivity index (χ2n) is 11.3. The van der Waals surface area contributed by atoms with E-state index in [0.717, 1.165) is 11.1 Å². The molecular formula is C30H37N3O7. The number of aryl methyl sites for hydroxylation is 2. The fraction of sp³-hybridized carbons (Fsp3) is 0.533. The van der Waals surface area contributed by atoms with Crippen molar-refractivity contribution in [1.82, 2.24) is 10.2 Å². The standard InChI is InChI=1S/C30H37N3O7/c1-17-9-10-18(2)21(14-17)32-13-7-5-6-8-23(35)31-15-20(4)39-29(38)24-22-11-12-30(40-22)25(24)27(36)33(19(3)16-34)26(30)28(32)37/h5,7,9-12,14,19-20,22,24-26,34H,6,8,13,15-16H2,1-4H3,(H,31,35)/b7-5-/t19-,20+,22-,24+,25+,26-,30+/m1/s1. The first kappa shape index (κ1) is 28.0. The highest BCUT2D eigenvalue weighted by molar-refractivity contribution is 6.05. The quantitative estimate of drug-likeness (QED) is 0.432. The second kappa shape index (κ2) is 10.8. The maximum absolute atomic E-state index is 14.7. The Bertz CT molecular complexity index is 1280. The minimum absolute atomic E-state index is 0.140. The summed E-state index contributed by atoms with van der Waals surface area (Å²) in [5.41, 5.74) is 1.15. The molecule has 1 aromatic carbocycles. The van der Waals surface area contributed by atoms with E-state index in [9.17, 15) is 24.3 Å². The molecular weight excluding hydrogens is 514 g/mol. The molecule has 2 fully saturated rings. The Morgan fingerprint density at radius 2 is 1.93 bits per heavy atom. The van der Waals surface area contributed by atoms with Crippen molar-refractivity contribution in [3.8, 4) is 0 Å². The largest absolute Gasteiger partial charge is 0.460 e. The van der Waals surface area contributed by atoms with Crippen molar-refractivity contribution >= 4 is 29.4 Å². The Hall–Kier alpha value is -3.50. The van der Waals surface area contributed by atoms with Gasteiger partial charge in [0.25, 0.3) is 5.91 Å². The molecule has 10 heteroatoms. The van der Waals surface area contributed by atoms with Gasteiger partial charge in [-0.05, 0) is 51.3 Å². The van der Waals surface area contributed by atoms with E-state index in [1.54, 1.807) is 30.9 Å². The molecule has 5 rings (SSSR count). The molecule has 1 spiro atoms. The molecule has 4 heterocycles. The van der Waals surface area contributed by atoms with Gasteiger partial charge in [-0.3, -0.25) is 19.2 Å². The van der Waals surface area contributed by atoms with Gasteiger partial charge >= 0.3 is 5.97 Å². The van der Waals surface area contributed by atoms with Gasteiger partial charge in [0.05, 0.1) is 31.2 Å². The summed E-state index contributed by atoms with van der Waals surface area (Å²) in [6.07, 6.45) is 6.54. The first-order valence-corrected chi connectivity index (χ1v) is 13.9. The Labute approximate surface area is 234 Å². The third kappa shape index (κ3) is 4.62. The molecule has 4 aliphatic heterocycles. The molecule has 1 aromatic rings. The van der Waals surface area contributed by atoms with Crippen LogP contribution in [0.25, 0.3) is 0 Å². The smallest absolute Gasteiger partial charge is 0.313 e. The summed E-state index contributed by atoms with van der Waals surface area (Å²) in [6.45, 7) is 7.19. The lowest BCUT2D eigenvalue weighted by atomic mass is 9.74. The summed E-state index contributed by atoms with van der Waals surface area (Å²) < 4.78 is 12.1. The summed E-state index contributed by atoms with van der Waals surface area (Å²) in [5.74, 6) is -3.51. The minimum Gasteiger partial charge on any atom is -0.460 e. The number of esters is 1. The highest BCUT2D eigenvalue weighted by Gasteiger charge is 2.74. The van der Waals surface area contributed by atoms with Crippen LogP contribution in [0.5, 0.6) is 0 Å². The molecule has 0 saturated carbocycles. The van der Waals surface area contributed by atoms with Crippen molar-refractivity contribution in [2.45, 2.75) is 70.4 Å². The average molecular weight is 552 g/mol. The normalized spacial score (nSPS) is 34.1. The molecule has 7 atom stereocenters. The second-order valence-corrected chi connectivity index (χ2v) is 11.3. The van der Waals surface area contributed by atoms with Gasteiger partial charge in [0.1, 0.15) is 23.7 Å². The maximum Gasteiger partial charge on any atom is 0.313 e. The van der Waals surface area contributed by atoms with Crippen LogP contribution in [0.1, 0.15) is 37.8 Å². The molecule has 3 amide bonds. The molecule has 0 unspecified atom stereocenters. The molecule has 4 aliphatic rings. The first-order chi connectivity index (χ1) is 19.1. The zero-order chi connectivity index (χ0) is 28.8. The van der Waals surface area contributed by atoms with Gasteiger partial charge in [0.15, 0.2) is 0 Å². The highest BCUT2D eigenvalue weighted by atomic mass is 16.6. The van der Waals surface area contributed by atoms with Crippen molar-refractivity contribution in [1.29, 1.82) is 0 Å². The number of amides is 3. The van der Waals surface area contributed by atoms with Crippen LogP contribution in [0.4, 0.5) is 5.69 Å². The molecule has 214 valence electrons. The van der Waals surface area contributed by atoms with Crippen LogP contribution in [0.2, 0.25) is 0 Å². The number of likely N-dealkylation sites (tertiary alicyclic amines) is 1. The average Bonchev–Trinajstić information content (AvgIpc) is 3.57. The molecule has 2 saturated heterocycles. The first-order valence-electron chi connectivity index (χ1n) is 13.9. The number of cyclic esters (lactones) is 1. The number of hydrogen-bond donors (Lipinski definition) is 2. The molecule has 0 radical (unpaired) electrons. The molecule has 10 nitrogen and oxygen atoms in total. The fourth-order valence-electron chi connectivity index (χ4n) is 6.36. The SMILES string of the molecule is Cc1ccc(C)c(N2C/C=C\CCC(=O)NC[C@H](C)OC(=O)[C@@H]3[C@H]4C(=O)N([C@H](C)CO)[C@H](C2=O)[C@]42C=C[C@H]3O2)c1. The zero-order valence-corrected chi connectivity index (χ0v) is 23.3. The Kier molecular flexibility index (Phi) is 7.58. The summed E-state index contributed by atoms with van der Waals surface area (Å²) in [4.78, 5) is 57.5. The molecule has 5 bridgehead atoms. The van der Waals surface area contributed by atoms with Crippen LogP contribution < -0.4 is 10.2 Å². The zero-order valence-electron chi connectivity index (χ0n) is 23.3. The number of fused-ring (bicyclic) bond motifs is 2. The summed E-state index contributed by atoms with van der Waals surface area (Å²) in [6, 6.07) is 4.04. The number of nitrogens with zero attached hydrogens (tertiary/aromatic N) is 2. The number of carbonyl (C=O) groups excluding carboxylic acids is 4. The number of aliphatic hydroxyl groups excluding tert-OH is 1. The number of allylic oxidation sites excluding steroid dienone is 1. The lowest BCUT2D eigenvalue weighted by Gasteiger charge is -2.38. The predicted molar refractivity (Wildman–Crippen MR) is 146 cm³/mol. The molecule has 40 heavy (non-hydrogen) atoms. The number of aliphatic hydroxyl groups is 1. The molecule has 0 aromatic heterocycles. The van der Waals surface area contributed by atoms with Gasteiger partial charge in [-0.1, -0.05) is 36.4 Å². The Morgan fingerprint density at radius 3 is 2.67 bits per heavy atom. The van der Waals surface area contributed by atoms with Crippen LogP contribution in [0.3, 0.4) is 0 Å². The van der Waals surface area contributed by atoms with E-state index in [-0.39, 0.29) is 37.9 Å². The van der Waals surface area contributed by atoms with Crippen molar-refractivity contribution < 1.29 is 33.8 Å². The highest BCUT2D eigenvalue weighted by Crippen LogP contribution is 2.56. The van der Waals surface area contributed by atoms with Gasteiger partial charge in [-0.2, -0.15) is 0 Å². The maximum atomic E-state index is 14.7. The van der Waals surface area contributed by atoms with Crippen LogP contribution >= 0.6 is 0 Å². The van der Waals surface area contributed by atoms with Crippen LogP contribution in [0.15, 0.2) is 42.5 Å². The van der Waals surface area contributed by atoms with E-state index < -0.39 is 53.6 Å². The number of rotatable bonds is 3. The summed E-state index contributed by atoms with van der Waals surface area (Å²) in [5, 5.41) is 12.9. The lowest BCUT2D eigenvalue weighted by molar-refractivity contribution is -0.158. The summed E-state index contributed by atoms with van der Waals surface area (Å²) in [7, 11) is 0. The predicted octanol–water partition coefficient (Wildman–Crippen LogP) is 1.57. The lowest BCUT2D eigenvalue weighted by Crippen LogP contribution is -2.58. The minimum atomic E-state index is -1.38. The Balaban J connectivity index is 1.63. The van der Waals surface area contributed by atoms with Gasteiger partial charge in [0, 0.05) is 18.7 Å². The van der Waals surface area contributed by atoms with Crippen LogP contribution in [0, 0.1) is 25.7 Å². The topological polar surface area (TPSA) is 125 Å². The van der Waals surface area contributed by atoms with Crippen molar-refractivity contribution in [2.24, 2.45) is 11.8 Å². The van der Waals surface area contributed by atoms with Crippen molar-refractivity contribution in [3.63, 3.8) is 0 Å². The van der Waals surface area contributed by atoms with Crippen LogP contribution in [-0.2, 0) is 28.7 Å². The van der Waals surface area contributed by atoms with E-state index >= 15 is 0 Å². The van der Waals surface area contributed by atoms with E-state index in [1.165, 1.54) is 4.90 Å². The van der Waals surface area contributed by atoms with E-state index in [1.807, 2.05) is 44.2 Å². The van der Waals surface area contributed by atoms with E-state index in [0.29, 0.717) is 12.1 Å². The van der Waals surface area contributed by atoms with Crippen molar-refractivity contribution in [2.75, 3.05) is 24.6 Å². The van der Waals surface area contributed by atoms with E-state index in [2.05, 4.69) is 5.32 Å². The van der Waals surface area contributed by atoms with Crippen molar-refractivity contribution in [3.05, 3.63) is 53.6 Å². The number of nitrogens with one attached hydrogen (secondary N) is 1. The third-order valence-electron chi connectivity index (χ3n) is 8.38. The molecule has 2 N–H and O–H groups in total. The van der Waals surface area contributed by atoms with Gasteiger partial charge in [-0.15, -0.1) is 0 Å². The third-order valence-corrected chi connectivity index (χ3v) is 8.38. The van der Waals surface area contributed by atoms with Gasteiger partial charge in [-0.25, -0.2) is 0 Å². The fourth-order valence-corrected chi connectivity index (χ4v) is 6.36. The van der Waals surface area contributed by atoms with Crippen LogP contribution in [-0.4, -0.2) is 83.3 Å². The monoisotopic (exact) mass is 551 g/mol. The Morgan fingerprint density at radius 1 is 1.15 bits per heavy atom. The van der Waals surface area contributed by atoms with Gasteiger partial charge < -0.3 is 29.7 Å². The molecule has 0 aliphatic carbocycles. The summed E-state index contributed by atoms with van der Waals surface area (Å²) >= 11 is 0. The number of hydrogen-bond acceptors (Lipinski definition) is 7.